The van der Waals surface area contributed by atoms with Crippen LogP contribution in [0.15, 0.2) is 30.3 Å². The molecular weight excluding hydrogens is 364 g/mol. The number of rotatable bonds is 5. The van der Waals surface area contributed by atoms with Gasteiger partial charge in [-0.15, -0.1) is 0 Å². The zero-order chi connectivity index (χ0) is 19.9. The van der Waals surface area contributed by atoms with Crippen molar-refractivity contribution in [2.24, 2.45) is 5.92 Å². The van der Waals surface area contributed by atoms with Crippen molar-refractivity contribution in [2.75, 3.05) is 58.9 Å². The minimum atomic E-state index is -0.177. The van der Waals surface area contributed by atoms with Gasteiger partial charge in [-0.2, -0.15) is 0 Å². The van der Waals surface area contributed by atoms with E-state index in [1.54, 1.807) is 0 Å². The maximum Gasteiger partial charge on any atom is 0.410 e. The van der Waals surface area contributed by atoms with Crippen LogP contribution in [0.5, 0.6) is 0 Å². The molecule has 0 spiro atoms. The Bertz CT molecular complexity index is 619. The molecule has 3 aliphatic rings. The minimum absolute atomic E-state index is 0.177. The van der Waals surface area contributed by atoms with Gasteiger partial charge in [0.15, 0.2) is 0 Å². The van der Waals surface area contributed by atoms with Gasteiger partial charge in [-0.3, -0.25) is 4.90 Å². The molecule has 0 atom stereocenters. The van der Waals surface area contributed by atoms with E-state index in [0.29, 0.717) is 6.61 Å². The van der Waals surface area contributed by atoms with Gasteiger partial charge < -0.3 is 19.9 Å². The molecule has 160 valence electrons. The molecule has 4 rings (SSSR count). The average Bonchev–Trinajstić information content (AvgIpc) is 2.80. The molecule has 1 aromatic rings. The number of ether oxygens (including phenoxy) is 1. The second-order valence-corrected chi connectivity index (χ2v) is 8.79. The van der Waals surface area contributed by atoms with Gasteiger partial charge in [0, 0.05) is 38.8 Å². The van der Waals surface area contributed by atoms with Crippen LogP contribution in [0, 0.1) is 5.92 Å². The van der Waals surface area contributed by atoms with Crippen LogP contribution in [0.1, 0.15) is 31.2 Å². The van der Waals surface area contributed by atoms with Gasteiger partial charge in [-0.25, -0.2) is 4.79 Å². The molecule has 1 N–H and O–H groups in total. The first kappa shape index (κ1) is 20.6. The first-order chi connectivity index (χ1) is 14.3. The molecule has 0 saturated carbocycles. The highest BCUT2D eigenvalue weighted by molar-refractivity contribution is 5.67. The van der Waals surface area contributed by atoms with Gasteiger partial charge in [-0.1, -0.05) is 30.3 Å². The molecule has 0 aliphatic carbocycles. The Hall–Kier alpha value is -1.63. The van der Waals surface area contributed by atoms with Crippen LogP contribution >= 0.6 is 0 Å². The molecule has 0 aromatic heterocycles. The standard InChI is InChI=1S/C23H36N4O2/c28-23(29-19-21-4-2-1-3-5-21)27-16-14-25(15-17-27)18-20-8-12-26(13-9-20)22-6-10-24-11-7-22/h1-5,20,22,24H,6-19H2. The van der Waals surface area contributed by atoms with Crippen molar-refractivity contribution in [2.45, 2.75) is 38.3 Å². The lowest BCUT2D eigenvalue weighted by Crippen LogP contribution is -2.51. The lowest BCUT2D eigenvalue weighted by molar-refractivity contribution is 0.0572. The smallest absolute Gasteiger partial charge is 0.410 e. The molecule has 1 amide bonds. The van der Waals surface area contributed by atoms with Gasteiger partial charge in [-0.05, 0) is 63.3 Å². The van der Waals surface area contributed by atoms with Crippen molar-refractivity contribution >= 4 is 6.09 Å². The molecule has 6 heteroatoms. The summed E-state index contributed by atoms with van der Waals surface area (Å²) in [5.74, 6) is 0.810. The molecular formula is C23H36N4O2. The van der Waals surface area contributed by atoms with Gasteiger partial charge in [0.05, 0.1) is 0 Å². The number of nitrogens with zero attached hydrogens (tertiary/aromatic N) is 3. The normalized spacial score (nSPS) is 23.2. The van der Waals surface area contributed by atoms with E-state index in [1.165, 1.54) is 58.4 Å². The zero-order valence-electron chi connectivity index (χ0n) is 17.6. The largest absolute Gasteiger partial charge is 0.445 e. The van der Waals surface area contributed by atoms with Crippen LogP contribution in [-0.2, 0) is 11.3 Å². The van der Waals surface area contributed by atoms with Crippen LogP contribution in [0.4, 0.5) is 4.79 Å². The Kier molecular flexibility index (Phi) is 7.41. The van der Waals surface area contributed by atoms with Crippen LogP contribution in [0.3, 0.4) is 0 Å². The van der Waals surface area contributed by atoms with Crippen molar-refractivity contribution in [3.8, 4) is 0 Å². The maximum atomic E-state index is 12.3. The second kappa shape index (κ2) is 10.4. The Balaban J connectivity index is 1.13. The van der Waals surface area contributed by atoms with E-state index in [9.17, 15) is 4.79 Å². The summed E-state index contributed by atoms with van der Waals surface area (Å²) >= 11 is 0. The van der Waals surface area contributed by atoms with Crippen LogP contribution in [0.25, 0.3) is 0 Å². The predicted octanol–water partition coefficient (Wildman–Crippen LogP) is 2.40. The number of benzene rings is 1. The molecule has 3 saturated heterocycles. The number of carbonyl (C=O) groups excluding carboxylic acids is 1. The fraction of sp³-hybridized carbons (Fsp3) is 0.696. The van der Waals surface area contributed by atoms with E-state index in [4.69, 9.17) is 4.74 Å². The fourth-order valence-corrected chi connectivity index (χ4v) is 4.96. The Morgan fingerprint density at radius 1 is 0.931 bits per heavy atom. The third-order valence-corrected chi connectivity index (χ3v) is 6.83. The van der Waals surface area contributed by atoms with Crippen molar-refractivity contribution in [1.29, 1.82) is 0 Å². The number of piperazine rings is 1. The van der Waals surface area contributed by atoms with Gasteiger partial charge in [0.2, 0.25) is 0 Å². The Morgan fingerprint density at radius 2 is 1.62 bits per heavy atom. The fourth-order valence-electron chi connectivity index (χ4n) is 4.96. The third kappa shape index (κ3) is 5.93. The van der Waals surface area contributed by atoms with Crippen LogP contribution < -0.4 is 5.32 Å². The van der Waals surface area contributed by atoms with Crippen molar-refractivity contribution in [1.82, 2.24) is 20.0 Å². The predicted molar refractivity (Wildman–Crippen MR) is 115 cm³/mol. The number of nitrogens with one attached hydrogen (secondary N) is 1. The molecule has 1 aromatic carbocycles. The van der Waals surface area contributed by atoms with E-state index in [1.807, 2.05) is 35.2 Å². The monoisotopic (exact) mass is 400 g/mol. The highest BCUT2D eigenvalue weighted by Gasteiger charge is 2.28. The molecule has 3 heterocycles. The lowest BCUT2D eigenvalue weighted by Gasteiger charge is -2.41. The number of likely N-dealkylation sites (tertiary alicyclic amines) is 1. The van der Waals surface area contributed by atoms with Crippen molar-refractivity contribution in [3.63, 3.8) is 0 Å². The zero-order valence-corrected chi connectivity index (χ0v) is 17.6. The van der Waals surface area contributed by atoms with E-state index in [2.05, 4.69) is 15.1 Å². The van der Waals surface area contributed by atoms with Crippen LogP contribution in [-0.4, -0.2) is 85.7 Å². The lowest BCUT2D eigenvalue weighted by atomic mass is 9.93. The number of hydrogen-bond donors (Lipinski definition) is 1. The summed E-state index contributed by atoms with van der Waals surface area (Å²) in [7, 11) is 0. The molecule has 3 aliphatic heterocycles. The van der Waals surface area contributed by atoms with E-state index in [-0.39, 0.29) is 6.09 Å². The van der Waals surface area contributed by atoms with E-state index < -0.39 is 0 Å². The first-order valence-electron chi connectivity index (χ1n) is 11.4. The number of piperidine rings is 2. The quantitative estimate of drug-likeness (QED) is 0.823. The summed E-state index contributed by atoms with van der Waals surface area (Å²) in [6.07, 6.45) is 5.09. The summed E-state index contributed by atoms with van der Waals surface area (Å²) < 4.78 is 5.48. The number of amides is 1. The van der Waals surface area contributed by atoms with Crippen molar-refractivity contribution in [3.05, 3.63) is 35.9 Å². The summed E-state index contributed by atoms with van der Waals surface area (Å²) in [5, 5.41) is 3.47. The SMILES string of the molecule is O=C(OCc1ccccc1)N1CCN(CC2CCN(C3CCNCC3)CC2)CC1. The molecule has 0 radical (unpaired) electrons. The number of hydrogen-bond acceptors (Lipinski definition) is 5. The summed E-state index contributed by atoms with van der Waals surface area (Å²) in [5.41, 5.74) is 1.04. The highest BCUT2D eigenvalue weighted by Crippen LogP contribution is 2.23. The molecule has 6 nitrogen and oxygen atoms in total. The topological polar surface area (TPSA) is 48.1 Å². The summed E-state index contributed by atoms with van der Waals surface area (Å²) in [6, 6.07) is 10.7. The van der Waals surface area contributed by atoms with Gasteiger partial charge in [0.25, 0.3) is 0 Å². The molecule has 3 fully saturated rings. The minimum Gasteiger partial charge on any atom is -0.445 e. The first-order valence-corrected chi connectivity index (χ1v) is 11.4. The van der Waals surface area contributed by atoms with Crippen molar-refractivity contribution < 1.29 is 9.53 Å². The third-order valence-electron chi connectivity index (χ3n) is 6.83. The van der Waals surface area contributed by atoms with Gasteiger partial charge in [0.1, 0.15) is 6.61 Å². The summed E-state index contributed by atoms with van der Waals surface area (Å²) in [6.45, 7) is 9.93. The molecule has 0 unspecified atom stereocenters. The molecule has 0 bridgehead atoms. The van der Waals surface area contributed by atoms with Gasteiger partial charge >= 0.3 is 6.09 Å². The average molecular weight is 401 g/mol. The highest BCUT2D eigenvalue weighted by atomic mass is 16.6. The Morgan fingerprint density at radius 3 is 2.31 bits per heavy atom. The Labute approximate surface area is 175 Å². The maximum absolute atomic E-state index is 12.3. The molecule has 29 heavy (non-hydrogen) atoms. The van der Waals surface area contributed by atoms with E-state index >= 15 is 0 Å². The van der Waals surface area contributed by atoms with Crippen LogP contribution in [0.2, 0.25) is 0 Å². The second-order valence-electron chi connectivity index (χ2n) is 8.79. The van der Waals surface area contributed by atoms with E-state index in [0.717, 1.165) is 43.7 Å². The summed E-state index contributed by atoms with van der Waals surface area (Å²) in [4.78, 5) is 19.5. The number of carbonyl (C=O) groups is 1.